The molecule has 1 aromatic rings. The van der Waals surface area contributed by atoms with Gasteiger partial charge in [-0.15, -0.1) is 0 Å². The van der Waals surface area contributed by atoms with E-state index in [1.165, 1.54) is 6.07 Å². The van der Waals surface area contributed by atoms with E-state index in [-0.39, 0.29) is 24.3 Å². The molecule has 1 saturated heterocycles. The van der Waals surface area contributed by atoms with E-state index in [0.29, 0.717) is 13.1 Å². The normalized spacial score (nSPS) is 22.1. The van der Waals surface area contributed by atoms with Crippen molar-refractivity contribution in [3.63, 3.8) is 0 Å². The molecule has 0 unspecified atom stereocenters. The summed E-state index contributed by atoms with van der Waals surface area (Å²) in [6.07, 6.45) is 0.320. The number of benzene rings is 1. The van der Waals surface area contributed by atoms with E-state index in [0.717, 1.165) is 11.1 Å². The quantitative estimate of drug-likeness (QED) is 0.699. The van der Waals surface area contributed by atoms with Crippen LogP contribution in [0.3, 0.4) is 0 Å². The molecule has 1 atom stereocenters. The highest BCUT2D eigenvalue weighted by atomic mass is 16.4. The number of nitrogens with zero attached hydrogens (tertiary/aromatic N) is 1. The number of fused-ring (bicyclic) bond motifs is 1. The zero-order valence-corrected chi connectivity index (χ0v) is 13.1. The Kier molecular flexibility index (Phi) is 3.75. The van der Waals surface area contributed by atoms with Crippen LogP contribution in [0.15, 0.2) is 18.2 Å². The summed E-state index contributed by atoms with van der Waals surface area (Å²) in [5.74, 6) is -1.58. The number of nitrogens with one attached hydrogen (secondary N) is 2. The van der Waals surface area contributed by atoms with Crippen molar-refractivity contribution in [1.82, 2.24) is 15.5 Å². The highest BCUT2D eigenvalue weighted by molar-refractivity contribution is 6.06. The summed E-state index contributed by atoms with van der Waals surface area (Å²) in [5.41, 5.74) is 0.865. The van der Waals surface area contributed by atoms with Crippen LogP contribution in [0.5, 0.6) is 0 Å². The summed E-state index contributed by atoms with van der Waals surface area (Å²) in [6.45, 7) is 2.35. The first-order chi connectivity index (χ1) is 11.3. The van der Waals surface area contributed by atoms with Crippen molar-refractivity contribution in [3.05, 3.63) is 34.9 Å². The maximum absolute atomic E-state index is 12.4. The molecule has 1 aromatic carbocycles. The summed E-state index contributed by atoms with van der Waals surface area (Å²) >= 11 is 0. The van der Waals surface area contributed by atoms with Crippen molar-refractivity contribution in [2.24, 2.45) is 0 Å². The molecule has 8 heteroatoms. The van der Waals surface area contributed by atoms with Gasteiger partial charge < -0.3 is 15.3 Å². The summed E-state index contributed by atoms with van der Waals surface area (Å²) in [5, 5.41) is 13.7. The van der Waals surface area contributed by atoms with Crippen LogP contribution in [0.4, 0.5) is 4.79 Å². The van der Waals surface area contributed by atoms with Crippen molar-refractivity contribution in [2.75, 3.05) is 0 Å². The van der Waals surface area contributed by atoms with Crippen LogP contribution >= 0.6 is 0 Å². The average Bonchev–Trinajstić information content (AvgIpc) is 3.05. The van der Waals surface area contributed by atoms with E-state index in [1.807, 2.05) is 0 Å². The molecule has 0 radical (unpaired) electrons. The number of rotatable bonds is 4. The first-order valence-corrected chi connectivity index (χ1v) is 7.55. The summed E-state index contributed by atoms with van der Waals surface area (Å²) in [4.78, 5) is 48.0. The van der Waals surface area contributed by atoms with Gasteiger partial charge in [0.05, 0.1) is 5.56 Å². The second kappa shape index (κ2) is 5.63. The Bertz CT molecular complexity index is 760. The van der Waals surface area contributed by atoms with Crippen LogP contribution in [0.1, 0.15) is 41.3 Å². The van der Waals surface area contributed by atoms with Crippen LogP contribution < -0.4 is 10.6 Å². The predicted molar refractivity (Wildman–Crippen MR) is 82.0 cm³/mol. The van der Waals surface area contributed by atoms with Crippen LogP contribution in [0.25, 0.3) is 0 Å². The van der Waals surface area contributed by atoms with E-state index in [4.69, 9.17) is 5.11 Å². The lowest BCUT2D eigenvalue weighted by Gasteiger charge is -2.22. The molecule has 0 saturated carbocycles. The van der Waals surface area contributed by atoms with Gasteiger partial charge in [-0.1, -0.05) is 6.07 Å². The lowest BCUT2D eigenvalue weighted by molar-refractivity contribution is -0.132. The Morgan fingerprint density at radius 2 is 1.96 bits per heavy atom. The van der Waals surface area contributed by atoms with Crippen molar-refractivity contribution < 1.29 is 24.3 Å². The van der Waals surface area contributed by atoms with Gasteiger partial charge in [0.2, 0.25) is 5.91 Å². The lowest BCUT2D eigenvalue weighted by atomic mass is 9.96. The molecule has 2 aliphatic rings. The van der Waals surface area contributed by atoms with Crippen LogP contribution in [0.2, 0.25) is 0 Å². The van der Waals surface area contributed by atoms with E-state index >= 15 is 0 Å². The minimum absolute atomic E-state index is 0.115. The number of urea groups is 1. The predicted octanol–water partition coefficient (Wildman–Crippen LogP) is 0.605. The van der Waals surface area contributed by atoms with E-state index in [1.54, 1.807) is 24.0 Å². The van der Waals surface area contributed by atoms with Gasteiger partial charge in [0.15, 0.2) is 0 Å². The smallest absolute Gasteiger partial charge is 0.335 e. The number of carbonyl (C=O) groups is 4. The number of imide groups is 1. The highest BCUT2D eigenvalue weighted by Gasteiger charge is 2.42. The molecular weight excluding hydrogens is 314 g/mol. The van der Waals surface area contributed by atoms with Gasteiger partial charge in [-0.2, -0.15) is 0 Å². The number of amides is 4. The molecule has 2 aliphatic heterocycles. The molecule has 0 spiro atoms. The third kappa shape index (κ3) is 2.82. The second-order valence-corrected chi connectivity index (χ2v) is 6.28. The molecule has 4 amide bonds. The second-order valence-electron chi connectivity index (χ2n) is 6.28. The Morgan fingerprint density at radius 1 is 1.25 bits per heavy atom. The summed E-state index contributed by atoms with van der Waals surface area (Å²) < 4.78 is 0. The molecule has 0 bridgehead atoms. The monoisotopic (exact) mass is 331 g/mol. The Labute approximate surface area is 137 Å². The summed E-state index contributed by atoms with van der Waals surface area (Å²) in [7, 11) is 0. The van der Waals surface area contributed by atoms with Gasteiger partial charge in [0.25, 0.3) is 5.91 Å². The molecule has 24 heavy (non-hydrogen) atoms. The topological polar surface area (TPSA) is 116 Å². The van der Waals surface area contributed by atoms with Gasteiger partial charge in [0.1, 0.15) is 5.54 Å². The maximum Gasteiger partial charge on any atom is 0.335 e. The standard InChI is InChI=1S/C16H17N3O5/c1-16(14(23)17-15(24)18-16)5-4-12(20)19-7-10-3-2-9(13(21)22)6-11(10)8-19/h2-3,6H,4-5,7-8H2,1H3,(H,21,22)(H2,17,18,23,24)/t16-/m1/s1. The van der Waals surface area contributed by atoms with Crippen LogP contribution in [-0.2, 0) is 22.7 Å². The highest BCUT2D eigenvalue weighted by Crippen LogP contribution is 2.26. The minimum atomic E-state index is -1.07. The van der Waals surface area contributed by atoms with Gasteiger partial charge in [-0.3, -0.25) is 14.9 Å². The summed E-state index contributed by atoms with van der Waals surface area (Å²) in [6, 6.07) is 4.27. The Hall–Kier alpha value is -2.90. The number of carboxylic acids is 1. The SMILES string of the molecule is C[C@]1(CCC(=O)N2Cc3ccc(C(=O)O)cc3C2)NC(=O)NC1=O. The van der Waals surface area contributed by atoms with Crippen molar-refractivity contribution in [3.8, 4) is 0 Å². The number of carboxylic acid groups (broad SMARTS) is 1. The van der Waals surface area contributed by atoms with Crippen molar-refractivity contribution in [1.29, 1.82) is 0 Å². The fraction of sp³-hybridized carbons (Fsp3) is 0.375. The van der Waals surface area contributed by atoms with Crippen LogP contribution in [0, 0.1) is 0 Å². The third-order valence-corrected chi connectivity index (χ3v) is 4.48. The van der Waals surface area contributed by atoms with Gasteiger partial charge in [-0.25, -0.2) is 9.59 Å². The largest absolute Gasteiger partial charge is 0.478 e. The van der Waals surface area contributed by atoms with Crippen molar-refractivity contribution >= 4 is 23.8 Å². The fourth-order valence-corrected chi connectivity index (χ4v) is 2.97. The van der Waals surface area contributed by atoms with E-state index in [9.17, 15) is 19.2 Å². The van der Waals surface area contributed by atoms with E-state index < -0.39 is 23.4 Å². The van der Waals surface area contributed by atoms with Gasteiger partial charge in [-0.05, 0) is 36.6 Å². The van der Waals surface area contributed by atoms with E-state index in [2.05, 4.69) is 10.6 Å². The minimum Gasteiger partial charge on any atom is -0.478 e. The molecule has 0 aromatic heterocycles. The number of carbonyl (C=O) groups excluding carboxylic acids is 3. The maximum atomic E-state index is 12.4. The van der Waals surface area contributed by atoms with Gasteiger partial charge >= 0.3 is 12.0 Å². The molecule has 1 fully saturated rings. The first kappa shape index (κ1) is 16.0. The Morgan fingerprint density at radius 3 is 2.58 bits per heavy atom. The number of hydrogen-bond acceptors (Lipinski definition) is 4. The average molecular weight is 331 g/mol. The first-order valence-electron chi connectivity index (χ1n) is 7.55. The number of hydrogen-bond donors (Lipinski definition) is 3. The van der Waals surface area contributed by atoms with Crippen LogP contribution in [-0.4, -0.2) is 39.4 Å². The van der Waals surface area contributed by atoms with Crippen molar-refractivity contribution in [2.45, 2.75) is 38.4 Å². The van der Waals surface area contributed by atoms with Gasteiger partial charge in [0, 0.05) is 19.5 Å². The molecule has 3 rings (SSSR count). The zero-order valence-electron chi connectivity index (χ0n) is 13.1. The molecule has 0 aliphatic carbocycles. The number of aromatic carboxylic acids is 1. The molecule has 2 heterocycles. The third-order valence-electron chi connectivity index (χ3n) is 4.48. The Balaban J connectivity index is 1.62. The molecule has 3 N–H and O–H groups in total. The lowest BCUT2D eigenvalue weighted by Crippen LogP contribution is -2.44. The molecule has 126 valence electrons. The molecule has 8 nitrogen and oxygen atoms in total. The fourth-order valence-electron chi connectivity index (χ4n) is 2.97. The molecular formula is C16H17N3O5. The zero-order chi connectivity index (χ0) is 17.5.